The van der Waals surface area contributed by atoms with Gasteiger partial charge in [0.1, 0.15) is 51.6 Å². The Morgan fingerprint density at radius 3 is 1.31 bits per heavy atom. The molecule has 0 aromatic heterocycles. The average Bonchev–Trinajstić information content (AvgIpc) is 2.89. The number of phenolic OH excluding ortho intramolecular Hbond substituents is 8. The number of carbonyl (C=O) groups excluding carboxylic acids is 3. The number of rotatable bonds is 4. The molecule has 0 aliphatic carbocycles. The Kier molecular flexibility index (Phi) is 15.4. The summed E-state index contributed by atoms with van der Waals surface area (Å²) in [5.74, 6) is -2.38. The second-order valence-electron chi connectivity index (χ2n) is 8.35. The van der Waals surface area contributed by atoms with Crippen molar-refractivity contribution in [3.05, 3.63) is 95.6 Å². The van der Waals surface area contributed by atoms with Gasteiger partial charge in [0.25, 0.3) is 0 Å². The molecule has 0 heterocycles. The highest BCUT2D eigenvalue weighted by atomic mass is 16.3. The molecular formula is C31H34O11. The zero-order valence-electron chi connectivity index (χ0n) is 22.1. The van der Waals surface area contributed by atoms with E-state index in [2.05, 4.69) is 6.92 Å². The second kappa shape index (κ2) is 17.8. The van der Waals surface area contributed by atoms with Crippen molar-refractivity contribution in [2.75, 3.05) is 0 Å². The number of aryl methyl sites for hydroxylation is 1. The van der Waals surface area contributed by atoms with Crippen LogP contribution in [0.3, 0.4) is 0 Å². The number of aromatic hydroxyl groups is 8. The van der Waals surface area contributed by atoms with Crippen molar-refractivity contribution >= 4 is 11.9 Å². The van der Waals surface area contributed by atoms with E-state index in [4.69, 9.17) is 30.0 Å². The van der Waals surface area contributed by atoms with E-state index in [1.807, 2.05) is 12.1 Å². The van der Waals surface area contributed by atoms with Gasteiger partial charge in [-0.15, -0.1) is 0 Å². The lowest BCUT2D eigenvalue weighted by molar-refractivity contribution is -0.191. The number of phenols is 8. The van der Waals surface area contributed by atoms with Crippen LogP contribution in [0.15, 0.2) is 78.9 Å². The SMILES string of the molecule is C.CC(C(=O)c1c(O)cc(O)cc1O)c1ccc(O)cc1.CCc1ccc(O)cc1.O=C=O.Oc1cc(O)cc(O)c1. The van der Waals surface area contributed by atoms with Gasteiger partial charge in [0.05, 0.1) is 0 Å². The van der Waals surface area contributed by atoms with Crippen LogP contribution >= 0.6 is 0 Å². The maximum Gasteiger partial charge on any atom is 0.373 e. The highest BCUT2D eigenvalue weighted by Gasteiger charge is 2.24. The fraction of sp³-hybridized carbons (Fsp3) is 0.161. The smallest absolute Gasteiger partial charge is 0.373 e. The molecule has 11 nitrogen and oxygen atoms in total. The molecule has 0 aliphatic heterocycles. The van der Waals surface area contributed by atoms with Gasteiger partial charge in [-0.25, -0.2) is 0 Å². The molecule has 0 saturated heterocycles. The van der Waals surface area contributed by atoms with Gasteiger partial charge in [0, 0.05) is 36.2 Å². The minimum Gasteiger partial charge on any atom is -0.508 e. The average molecular weight is 583 g/mol. The minimum absolute atomic E-state index is 0. The van der Waals surface area contributed by atoms with Crippen LogP contribution in [0.25, 0.3) is 0 Å². The van der Waals surface area contributed by atoms with Gasteiger partial charge in [-0.3, -0.25) is 4.79 Å². The van der Waals surface area contributed by atoms with E-state index < -0.39 is 23.2 Å². The maximum atomic E-state index is 12.3. The standard InChI is InChI=1S/C15H14O5.C8H10O.C6H6O3.CO2.CH4/c1-8(9-2-4-10(16)5-3-9)15(20)14-12(18)6-11(17)7-13(14)19;1-2-7-3-5-8(9)6-4-7;7-4-1-5(8)3-6(9)2-4;2-1-3;/h2-8,16-19H,1H3;3-6,9H,2H2,1H3;1-3,7-9H;;1H4. The normalized spacial score (nSPS) is 9.95. The Morgan fingerprint density at radius 2 is 0.952 bits per heavy atom. The summed E-state index contributed by atoms with van der Waals surface area (Å²) in [6.45, 7) is 3.72. The van der Waals surface area contributed by atoms with E-state index in [1.54, 1.807) is 31.2 Å². The molecule has 0 radical (unpaired) electrons. The summed E-state index contributed by atoms with van der Waals surface area (Å²) in [4.78, 5) is 28.6. The first-order valence-corrected chi connectivity index (χ1v) is 11.9. The highest BCUT2D eigenvalue weighted by molar-refractivity contribution is 6.05. The Bertz CT molecular complexity index is 1370. The molecule has 224 valence electrons. The van der Waals surface area contributed by atoms with E-state index in [0.29, 0.717) is 11.3 Å². The number of carbonyl (C=O) groups is 1. The van der Waals surface area contributed by atoms with Crippen LogP contribution < -0.4 is 0 Å². The van der Waals surface area contributed by atoms with Crippen LogP contribution in [0, 0.1) is 0 Å². The van der Waals surface area contributed by atoms with Crippen LogP contribution in [0.4, 0.5) is 0 Å². The van der Waals surface area contributed by atoms with Crippen molar-refractivity contribution < 1.29 is 55.2 Å². The summed E-state index contributed by atoms with van der Waals surface area (Å²) in [6.07, 6.45) is 1.28. The van der Waals surface area contributed by atoms with Crippen LogP contribution in [0.2, 0.25) is 0 Å². The van der Waals surface area contributed by atoms with E-state index in [9.17, 15) is 25.2 Å². The van der Waals surface area contributed by atoms with E-state index >= 15 is 0 Å². The van der Waals surface area contributed by atoms with Gasteiger partial charge in [-0.2, -0.15) is 9.59 Å². The molecule has 0 fully saturated rings. The van der Waals surface area contributed by atoms with Gasteiger partial charge < -0.3 is 40.9 Å². The Labute approximate surface area is 242 Å². The zero-order valence-corrected chi connectivity index (χ0v) is 22.1. The highest BCUT2D eigenvalue weighted by Crippen LogP contribution is 2.35. The summed E-state index contributed by atoms with van der Waals surface area (Å²) in [6, 6.07) is 18.8. The molecule has 1 atom stereocenters. The molecule has 0 amide bonds. The fourth-order valence-electron chi connectivity index (χ4n) is 3.29. The molecule has 4 aromatic rings. The van der Waals surface area contributed by atoms with Crippen molar-refractivity contribution in [3.63, 3.8) is 0 Å². The lowest BCUT2D eigenvalue weighted by Gasteiger charge is -2.13. The first kappa shape index (κ1) is 36.3. The van der Waals surface area contributed by atoms with Gasteiger partial charge in [-0.05, 0) is 41.8 Å². The van der Waals surface area contributed by atoms with Crippen LogP contribution in [-0.4, -0.2) is 52.8 Å². The molecule has 0 aliphatic rings. The molecule has 8 N–H and O–H groups in total. The molecule has 42 heavy (non-hydrogen) atoms. The largest absolute Gasteiger partial charge is 0.508 e. The molecule has 4 rings (SSSR count). The molecule has 0 spiro atoms. The third-order valence-corrected chi connectivity index (χ3v) is 5.35. The maximum absolute atomic E-state index is 12.3. The van der Waals surface area contributed by atoms with Gasteiger partial charge >= 0.3 is 6.15 Å². The third kappa shape index (κ3) is 12.0. The molecular weight excluding hydrogens is 548 g/mol. The van der Waals surface area contributed by atoms with Crippen molar-refractivity contribution in [1.82, 2.24) is 0 Å². The summed E-state index contributed by atoms with van der Waals surface area (Å²) < 4.78 is 0. The lowest BCUT2D eigenvalue weighted by atomic mass is 9.91. The number of hydrogen-bond acceptors (Lipinski definition) is 11. The summed E-state index contributed by atoms with van der Waals surface area (Å²) in [5, 5.41) is 72.7. The molecule has 0 bridgehead atoms. The quantitative estimate of drug-likeness (QED) is 0.144. The zero-order chi connectivity index (χ0) is 31.1. The van der Waals surface area contributed by atoms with Crippen LogP contribution in [-0.2, 0) is 16.0 Å². The molecule has 1 unspecified atom stereocenters. The molecule has 4 aromatic carbocycles. The van der Waals surface area contributed by atoms with Crippen molar-refractivity contribution in [3.8, 4) is 46.0 Å². The Hall–Kier alpha value is -5.67. The first-order chi connectivity index (χ1) is 19.3. The predicted molar refractivity (Wildman–Crippen MR) is 153 cm³/mol. The van der Waals surface area contributed by atoms with E-state index in [1.165, 1.54) is 17.7 Å². The third-order valence-electron chi connectivity index (χ3n) is 5.35. The van der Waals surface area contributed by atoms with Gasteiger partial charge in [0.15, 0.2) is 5.78 Å². The number of Topliss-reactive ketones (excluding diaryl/α,β-unsaturated/α-hetero) is 1. The summed E-state index contributed by atoms with van der Waals surface area (Å²) >= 11 is 0. The lowest BCUT2D eigenvalue weighted by Crippen LogP contribution is -2.10. The number of ketones is 1. The predicted octanol–water partition coefficient (Wildman–Crippen LogP) is 5.31. The van der Waals surface area contributed by atoms with Gasteiger partial charge in [-0.1, -0.05) is 45.5 Å². The van der Waals surface area contributed by atoms with Crippen molar-refractivity contribution in [2.45, 2.75) is 33.6 Å². The monoisotopic (exact) mass is 582 g/mol. The Balaban J connectivity index is 0.000000636. The van der Waals surface area contributed by atoms with Crippen LogP contribution in [0.5, 0.6) is 46.0 Å². The van der Waals surface area contributed by atoms with Crippen molar-refractivity contribution in [2.24, 2.45) is 0 Å². The summed E-state index contributed by atoms with van der Waals surface area (Å²) in [7, 11) is 0. The van der Waals surface area contributed by atoms with E-state index in [-0.39, 0.29) is 47.9 Å². The van der Waals surface area contributed by atoms with Crippen LogP contribution in [0.1, 0.15) is 48.7 Å². The Morgan fingerprint density at radius 1 is 0.619 bits per heavy atom. The summed E-state index contributed by atoms with van der Waals surface area (Å²) in [5.41, 5.74) is 1.66. The first-order valence-electron chi connectivity index (χ1n) is 11.9. The molecule has 11 heteroatoms. The van der Waals surface area contributed by atoms with E-state index in [0.717, 1.165) is 36.8 Å². The fourth-order valence-corrected chi connectivity index (χ4v) is 3.29. The van der Waals surface area contributed by atoms with Crippen molar-refractivity contribution in [1.29, 1.82) is 0 Å². The minimum atomic E-state index is -0.614. The number of hydrogen-bond donors (Lipinski definition) is 8. The van der Waals surface area contributed by atoms with Gasteiger partial charge in [0.2, 0.25) is 0 Å². The second-order valence-corrected chi connectivity index (χ2v) is 8.35. The topological polar surface area (TPSA) is 213 Å². The molecule has 0 saturated carbocycles. The number of benzene rings is 4.